The Labute approximate surface area is 84.2 Å². The van der Waals surface area contributed by atoms with Gasteiger partial charge >= 0.3 is 0 Å². The molecule has 1 atom stereocenters. The second kappa shape index (κ2) is 5.11. The van der Waals surface area contributed by atoms with Crippen LogP contribution in [0.5, 0.6) is 0 Å². The zero-order valence-electron chi connectivity index (χ0n) is 8.95. The Morgan fingerprint density at radius 2 is 2.00 bits per heavy atom. The minimum Gasteiger partial charge on any atom is -0.301 e. The van der Waals surface area contributed by atoms with Gasteiger partial charge in [0.25, 0.3) is 0 Å². The molecular weight excluding hydrogens is 182 g/mol. The lowest BCUT2D eigenvalue weighted by Gasteiger charge is -2.34. The Bertz CT molecular complexity index is 174. The summed E-state index contributed by atoms with van der Waals surface area (Å²) in [5.74, 6) is 1.82. The minimum absolute atomic E-state index is 0.519. The van der Waals surface area contributed by atoms with Gasteiger partial charge in [-0.15, -0.1) is 0 Å². The summed E-state index contributed by atoms with van der Waals surface area (Å²) in [7, 11) is 1.68. The summed E-state index contributed by atoms with van der Waals surface area (Å²) in [6.07, 6.45) is 3.44. The van der Waals surface area contributed by atoms with Crippen molar-refractivity contribution in [3.8, 4) is 0 Å². The van der Waals surface area contributed by atoms with Crippen LogP contribution in [0.4, 0.5) is 0 Å². The van der Waals surface area contributed by atoms with Crippen molar-refractivity contribution < 1.29 is 4.21 Å². The predicted octanol–water partition coefficient (Wildman–Crippen LogP) is 1.63. The molecule has 0 saturated carbocycles. The fourth-order valence-corrected chi connectivity index (χ4v) is 3.11. The van der Waals surface area contributed by atoms with Gasteiger partial charge < -0.3 is 4.90 Å². The van der Waals surface area contributed by atoms with Crippen LogP contribution in [0.25, 0.3) is 0 Å². The van der Waals surface area contributed by atoms with E-state index in [9.17, 15) is 4.21 Å². The van der Waals surface area contributed by atoms with Crippen LogP contribution in [-0.4, -0.2) is 39.7 Å². The smallest absolute Gasteiger partial charge is 0.0249 e. The van der Waals surface area contributed by atoms with Crippen LogP contribution < -0.4 is 0 Å². The van der Waals surface area contributed by atoms with Crippen LogP contribution in [-0.2, 0) is 10.8 Å². The molecule has 2 nitrogen and oxygen atoms in total. The topological polar surface area (TPSA) is 20.3 Å². The van der Waals surface area contributed by atoms with Gasteiger partial charge in [-0.25, -0.2) is 0 Å². The number of rotatable bonds is 3. The Morgan fingerprint density at radius 3 is 2.46 bits per heavy atom. The van der Waals surface area contributed by atoms with Gasteiger partial charge in [0.2, 0.25) is 0 Å². The van der Waals surface area contributed by atoms with E-state index >= 15 is 0 Å². The number of nitrogens with zero attached hydrogens (tertiary/aromatic N) is 1. The van der Waals surface area contributed by atoms with Gasteiger partial charge in [-0.1, -0.05) is 6.92 Å². The molecule has 1 heterocycles. The second-order valence-electron chi connectivity index (χ2n) is 4.00. The molecule has 1 rings (SSSR count). The van der Waals surface area contributed by atoms with Crippen LogP contribution >= 0.6 is 0 Å². The van der Waals surface area contributed by atoms with Crippen molar-refractivity contribution in [1.82, 2.24) is 4.90 Å². The van der Waals surface area contributed by atoms with Gasteiger partial charge in [0.1, 0.15) is 0 Å². The second-order valence-corrected chi connectivity index (χ2v) is 5.70. The lowest BCUT2D eigenvalue weighted by Crippen LogP contribution is -2.42. The highest BCUT2D eigenvalue weighted by Gasteiger charge is 2.23. The van der Waals surface area contributed by atoms with E-state index in [2.05, 4.69) is 25.8 Å². The number of hydrogen-bond acceptors (Lipinski definition) is 2. The monoisotopic (exact) mass is 203 g/mol. The van der Waals surface area contributed by atoms with E-state index in [1.807, 2.05) is 0 Å². The van der Waals surface area contributed by atoms with Crippen LogP contribution in [0.1, 0.15) is 33.1 Å². The average molecular weight is 203 g/mol. The zero-order valence-corrected chi connectivity index (χ0v) is 9.77. The Morgan fingerprint density at radius 1 is 1.46 bits per heavy atom. The molecular formula is C10H21NOS. The molecule has 0 aromatic carbocycles. The summed E-state index contributed by atoms with van der Waals surface area (Å²) >= 11 is 0. The molecule has 1 aliphatic heterocycles. The summed E-state index contributed by atoms with van der Waals surface area (Å²) in [5.41, 5.74) is 0. The third-order valence-electron chi connectivity index (χ3n) is 3.22. The van der Waals surface area contributed by atoms with Crippen molar-refractivity contribution in [2.75, 3.05) is 18.6 Å². The van der Waals surface area contributed by atoms with E-state index in [0.717, 1.165) is 24.3 Å². The SMILES string of the molecule is CCC(C)N(C)C1CCS(=O)CC1. The predicted molar refractivity (Wildman–Crippen MR) is 58.4 cm³/mol. The van der Waals surface area contributed by atoms with E-state index in [0.29, 0.717) is 12.1 Å². The maximum Gasteiger partial charge on any atom is 0.0249 e. The minimum atomic E-state index is -0.519. The zero-order chi connectivity index (χ0) is 9.84. The summed E-state index contributed by atoms with van der Waals surface area (Å²) in [5, 5.41) is 0. The van der Waals surface area contributed by atoms with E-state index in [1.165, 1.54) is 6.42 Å². The molecule has 0 amide bonds. The Balaban J connectivity index is 2.39. The quantitative estimate of drug-likeness (QED) is 0.695. The molecule has 1 fully saturated rings. The van der Waals surface area contributed by atoms with Gasteiger partial charge in [0.05, 0.1) is 0 Å². The first-order chi connectivity index (χ1) is 6.15. The normalized spacial score (nSPS) is 32.0. The summed E-state index contributed by atoms with van der Waals surface area (Å²) in [6, 6.07) is 1.34. The maximum atomic E-state index is 11.2. The fraction of sp³-hybridized carbons (Fsp3) is 1.00. The third kappa shape index (κ3) is 3.06. The van der Waals surface area contributed by atoms with Crippen LogP contribution in [0.15, 0.2) is 0 Å². The first-order valence-corrected chi connectivity index (χ1v) is 6.70. The molecule has 13 heavy (non-hydrogen) atoms. The third-order valence-corrected chi connectivity index (χ3v) is 4.60. The van der Waals surface area contributed by atoms with Gasteiger partial charge in [-0.05, 0) is 33.2 Å². The molecule has 0 radical (unpaired) electrons. The van der Waals surface area contributed by atoms with E-state index in [-0.39, 0.29) is 0 Å². The van der Waals surface area contributed by atoms with E-state index < -0.39 is 10.8 Å². The fourth-order valence-electron chi connectivity index (χ4n) is 1.84. The van der Waals surface area contributed by atoms with E-state index in [4.69, 9.17) is 0 Å². The average Bonchev–Trinajstić information content (AvgIpc) is 2.17. The van der Waals surface area contributed by atoms with Crippen LogP contribution in [0.3, 0.4) is 0 Å². The summed E-state index contributed by atoms with van der Waals surface area (Å²) in [6.45, 7) is 4.49. The number of hydrogen-bond donors (Lipinski definition) is 0. The largest absolute Gasteiger partial charge is 0.301 e. The highest BCUT2D eigenvalue weighted by atomic mass is 32.2. The van der Waals surface area contributed by atoms with Crippen molar-refractivity contribution in [3.63, 3.8) is 0 Å². The molecule has 0 spiro atoms. The van der Waals surface area contributed by atoms with Gasteiger partial charge in [-0.3, -0.25) is 4.21 Å². The molecule has 3 heteroatoms. The van der Waals surface area contributed by atoms with Gasteiger partial charge in [0.15, 0.2) is 0 Å². The molecule has 1 saturated heterocycles. The lowest BCUT2D eigenvalue weighted by atomic mass is 10.1. The van der Waals surface area contributed by atoms with Gasteiger partial charge in [-0.2, -0.15) is 0 Å². The summed E-state index contributed by atoms with van der Waals surface area (Å²) in [4.78, 5) is 2.45. The van der Waals surface area contributed by atoms with Gasteiger partial charge in [0, 0.05) is 34.4 Å². The van der Waals surface area contributed by atoms with Crippen molar-refractivity contribution in [3.05, 3.63) is 0 Å². The lowest BCUT2D eigenvalue weighted by molar-refractivity contribution is 0.169. The Kier molecular flexibility index (Phi) is 4.39. The highest BCUT2D eigenvalue weighted by molar-refractivity contribution is 7.85. The summed E-state index contributed by atoms with van der Waals surface area (Å²) < 4.78 is 11.2. The molecule has 0 bridgehead atoms. The van der Waals surface area contributed by atoms with Crippen molar-refractivity contribution >= 4 is 10.8 Å². The first-order valence-electron chi connectivity index (χ1n) is 5.22. The highest BCUT2D eigenvalue weighted by Crippen LogP contribution is 2.17. The van der Waals surface area contributed by atoms with Crippen LogP contribution in [0.2, 0.25) is 0 Å². The molecule has 0 aliphatic carbocycles. The standard InChI is InChI=1S/C10H21NOS/c1-4-9(2)11(3)10-5-7-13(12)8-6-10/h9-10H,4-8H2,1-3H3. The van der Waals surface area contributed by atoms with Crippen molar-refractivity contribution in [1.29, 1.82) is 0 Å². The van der Waals surface area contributed by atoms with E-state index in [1.54, 1.807) is 0 Å². The maximum absolute atomic E-state index is 11.2. The Hall–Kier alpha value is 0.110. The first kappa shape index (κ1) is 11.2. The molecule has 78 valence electrons. The molecule has 1 aliphatic rings. The molecule has 0 aromatic heterocycles. The molecule has 0 aromatic rings. The van der Waals surface area contributed by atoms with Crippen molar-refractivity contribution in [2.24, 2.45) is 0 Å². The molecule has 1 unspecified atom stereocenters. The molecule has 0 N–H and O–H groups in total. The van der Waals surface area contributed by atoms with Crippen LogP contribution in [0, 0.1) is 0 Å². The van der Waals surface area contributed by atoms with Crippen molar-refractivity contribution in [2.45, 2.75) is 45.2 Å².